The molecule has 1 N–H and O–H groups in total. The lowest BCUT2D eigenvalue weighted by Gasteiger charge is -2.13. The highest BCUT2D eigenvalue weighted by molar-refractivity contribution is 5.59. The van der Waals surface area contributed by atoms with Gasteiger partial charge in [-0.1, -0.05) is 44.2 Å². The minimum atomic E-state index is 0.315. The number of oxime groups is 1. The average molecular weight is 191 g/mol. The van der Waals surface area contributed by atoms with E-state index >= 15 is 0 Å². The molecule has 0 radical (unpaired) electrons. The quantitative estimate of drug-likeness (QED) is 0.442. The summed E-state index contributed by atoms with van der Waals surface area (Å²) in [6.45, 7) is 4.25. The molecule has 0 aliphatic rings. The van der Waals surface area contributed by atoms with Crippen molar-refractivity contribution in [3.05, 3.63) is 35.9 Å². The van der Waals surface area contributed by atoms with Gasteiger partial charge in [-0.3, -0.25) is 0 Å². The van der Waals surface area contributed by atoms with Gasteiger partial charge in [-0.2, -0.15) is 0 Å². The molecule has 0 heterocycles. The third-order valence-corrected chi connectivity index (χ3v) is 2.42. The van der Waals surface area contributed by atoms with E-state index in [4.69, 9.17) is 5.21 Å². The van der Waals surface area contributed by atoms with Crippen LogP contribution in [0.25, 0.3) is 0 Å². The lowest BCUT2D eigenvalue weighted by atomic mass is 9.92. The Kier molecular flexibility index (Phi) is 4.17. The highest BCUT2D eigenvalue weighted by Crippen LogP contribution is 2.21. The molecule has 2 unspecified atom stereocenters. The number of nitrogens with zero attached hydrogens (tertiary/aromatic N) is 1. The Balaban J connectivity index is 2.54. The fourth-order valence-electron chi connectivity index (χ4n) is 1.65. The Labute approximate surface area is 85.3 Å². The van der Waals surface area contributed by atoms with Gasteiger partial charge in [0.2, 0.25) is 0 Å². The fourth-order valence-corrected chi connectivity index (χ4v) is 1.65. The third kappa shape index (κ3) is 3.21. The maximum atomic E-state index is 8.39. The van der Waals surface area contributed by atoms with E-state index in [0.717, 1.165) is 6.42 Å². The fraction of sp³-hybridized carbons (Fsp3) is 0.417. The predicted octanol–water partition coefficient (Wildman–Crippen LogP) is 3.28. The zero-order valence-corrected chi connectivity index (χ0v) is 8.72. The molecule has 0 aliphatic carbocycles. The highest BCUT2D eigenvalue weighted by Gasteiger charge is 2.08. The van der Waals surface area contributed by atoms with Gasteiger partial charge < -0.3 is 5.21 Å². The Morgan fingerprint density at radius 1 is 1.29 bits per heavy atom. The molecule has 0 amide bonds. The van der Waals surface area contributed by atoms with Gasteiger partial charge in [-0.15, -0.1) is 5.16 Å². The van der Waals surface area contributed by atoms with Crippen LogP contribution in [-0.4, -0.2) is 11.4 Å². The maximum absolute atomic E-state index is 8.39. The highest BCUT2D eigenvalue weighted by atomic mass is 16.4. The molecule has 0 bridgehead atoms. The van der Waals surface area contributed by atoms with Crippen molar-refractivity contribution in [2.24, 2.45) is 11.1 Å². The Bertz CT molecular complexity index is 282. The van der Waals surface area contributed by atoms with E-state index in [-0.39, 0.29) is 0 Å². The summed E-state index contributed by atoms with van der Waals surface area (Å²) < 4.78 is 0. The molecule has 0 saturated carbocycles. The minimum Gasteiger partial charge on any atom is -0.411 e. The van der Waals surface area contributed by atoms with Crippen molar-refractivity contribution >= 4 is 6.21 Å². The van der Waals surface area contributed by atoms with E-state index < -0.39 is 0 Å². The first kappa shape index (κ1) is 10.8. The number of benzene rings is 1. The standard InChI is InChI=1S/C12H17NO/c1-10(9-13-14)8-11(2)12-6-4-3-5-7-12/h3-7,9-11,14H,8H2,1-2H3/b13-9+. The van der Waals surface area contributed by atoms with Crippen LogP contribution in [0.3, 0.4) is 0 Å². The van der Waals surface area contributed by atoms with Crippen LogP contribution in [0.4, 0.5) is 0 Å². The van der Waals surface area contributed by atoms with E-state index in [2.05, 4.69) is 43.3 Å². The molecule has 0 saturated heterocycles. The summed E-state index contributed by atoms with van der Waals surface area (Å²) in [5.41, 5.74) is 1.34. The van der Waals surface area contributed by atoms with Gasteiger partial charge in [0.25, 0.3) is 0 Å². The van der Waals surface area contributed by atoms with Gasteiger partial charge in [-0.25, -0.2) is 0 Å². The zero-order chi connectivity index (χ0) is 10.4. The van der Waals surface area contributed by atoms with Crippen LogP contribution in [0.15, 0.2) is 35.5 Å². The van der Waals surface area contributed by atoms with Crippen LogP contribution in [-0.2, 0) is 0 Å². The lowest BCUT2D eigenvalue weighted by molar-refractivity contribution is 0.318. The van der Waals surface area contributed by atoms with Crippen LogP contribution in [0.1, 0.15) is 31.7 Å². The van der Waals surface area contributed by atoms with Crippen molar-refractivity contribution < 1.29 is 5.21 Å². The second-order valence-corrected chi connectivity index (χ2v) is 3.79. The van der Waals surface area contributed by atoms with Crippen LogP contribution in [0, 0.1) is 5.92 Å². The molecule has 76 valence electrons. The van der Waals surface area contributed by atoms with Gasteiger partial charge in [0, 0.05) is 6.21 Å². The third-order valence-electron chi connectivity index (χ3n) is 2.42. The van der Waals surface area contributed by atoms with Crippen molar-refractivity contribution in [3.63, 3.8) is 0 Å². The average Bonchev–Trinajstić information content (AvgIpc) is 2.19. The molecule has 0 aliphatic heterocycles. The van der Waals surface area contributed by atoms with Crippen molar-refractivity contribution in [2.45, 2.75) is 26.2 Å². The number of hydrogen-bond donors (Lipinski definition) is 1. The van der Waals surface area contributed by atoms with Gasteiger partial charge in [0.05, 0.1) is 0 Å². The zero-order valence-electron chi connectivity index (χ0n) is 8.72. The summed E-state index contributed by atoms with van der Waals surface area (Å²) in [5, 5.41) is 11.4. The van der Waals surface area contributed by atoms with Crippen LogP contribution in [0.2, 0.25) is 0 Å². The number of rotatable bonds is 4. The second kappa shape index (κ2) is 5.43. The van der Waals surface area contributed by atoms with E-state index in [1.807, 2.05) is 6.07 Å². The topological polar surface area (TPSA) is 32.6 Å². The van der Waals surface area contributed by atoms with E-state index in [9.17, 15) is 0 Å². The first-order chi connectivity index (χ1) is 6.74. The van der Waals surface area contributed by atoms with E-state index in [1.165, 1.54) is 5.56 Å². The van der Waals surface area contributed by atoms with Gasteiger partial charge in [-0.05, 0) is 23.8 Å². The predicted molar refractivity (Wildman–Crippen MR) is 58.9 cm³/mol. The lowest BCUT2D eigenvalue weighted by Crippen LogP contribution is -2.03. The van der Waals surface area contributed by atoms with Crippen molar-refractivity contribution in [1.82, 2.24) is 0 Å². The maximum Gasteiger partial charge on any atom is 0.0464 e. The first-order valence-corrected chi connectivity index (χ1v) is 4.96. The van der Waals surface area contributed by atoms with Gasteiger partial charge in [0.1, 0.15) is 0 Å². The normalized spacial score (nSPS) is 15.6. The van der Waals surface area contributed by atoms with Crippen molar-refractivity contribution in [3.8, 4) is 0 Å². The van der Waals surface area contributed by atoms with Crippen LogP contribution in [0.5, 0.6) is 0 Å². The van der Waals surface area contributed by atoms with Gasteiger partial charge in [0.15, 0.2) is 0 Å². The molecule has 0 spiro atoms. The largest absolute Gasteiger partial charge is 0.411 e. The number of hydrogen-bond acceptors (Lipinski definition) is 2. The van der Waals surface area contributed by atoms with Crippen molar-refractivity contribution in [1.29, 1.82) is 0 Å². The molecule has 1 aromatic rings. The summed E-state index contributed by atoms with van der Waals surface area (Å²) in [6, 6.07) is 10.4. The smallest absolute Gasteiger partial charge is 0.0464 e. The molecule has 1 rings (SSSR count). The van der Waals surface area contributed by atoms with Crippen LogP contribution < -0.4 is 0 Å². The van der Waals surface area contributed by atoms with E-state index in [1.54, 1.807) is 6.21 Å². The molecular formula is C12H17NO. The first-order valence-electron chi connectivity index (χ1n) is 4.96. The van der Waals surface area contributed by atoms with E-state index in [0.29, 0.717) is 11.8 Å². The SMILES string of the molecule is CC(/C=N/O)CC(C)c1ccccc1. The molecule has 0 fully saturated rings. The molecule has 2 nitrogen and oxygen atoms in total. The Morgan fingerprint density at radius 3 is 2.50 bits per heavy atom. The van der Waals surface area contributed by atoms with Crippen LogP contribution >= 0.6 is 0 Å². The molecular weight excluding hydrogens is 174 g/mol. The summed E-state index contributed by atoms with van der Waals surface area (Å²) in [6.07, 6.45) is 2.59. The summed E-state index contributed by atoms with van der Waals surface area (Å²) in [4.78, 5) is 0. The summed E-state index contributed by atoms with van der Waals surface area (Å²) in [7, 11) is 0. The van der Waals surface area contributed by atoms with Gasteiger partial charge >= 0.3 is 0 Å². The summed E-state index contributed by atoms with van der Waals surface area (Å²) >= 11 is 0. The van der Waals surface area contributed by atoms with Crippen molar-refractivity contribution in [2.75, 3.05) is 0 Å². The molecule has 2 heteroatoms. The molecule has 1 aromatic carbocycles. The minimum absolute atomic E-state index is 0.315. The monoisotopic (exact) mass is 191 g/mol. The Hall–Kier alpha value is -1.31. The molecule has 14 heavy (non-hydrogen) atoms. The Morgan fingerprint density at radius 2 is 1.93 bits per heavy atom. The molecule has 0 aromatic heterocycles. The second-order valence-electron chi connectivity index (χ2n) is 3.79. The summed E-state index contributed by atoms with van der Waals surface area (Å²) in [5.74, 6) is 0.819. The molecule has 2 atom stereocenters.